The second kappa shape index (κ2) is 18.5. The van der Waals surface area contributed by atoms with E-state index in [1.165, 1.54) is 64.6 Å². The van der Waals surface area contributed by atoms with Gasteiger partial charge in [-0.15, -0.1) is 0 Å². The first-order chi connectivity index (χ1) is 12.6. The zero-order chi connectivity index (χ0) is 19.5. The molecule has 0 rings (SSSR count). The maximum Gasteiger partial charge on any atom is 0.330 e. The highest BCUT2D eigenvalue weighted by Crippen LogP contribution is 2.17. The van der Waals surface area contributed by atoms with Crippen molar-refractivity contribution < 1.29 is 19.1 Å². The molecule has 0 spiro atoms. The molecule has 0 saturated heterocycles. The van der Waals surface area contributed by atoms with Gasteiger partial charge in [0.1, 0.15) is 6.10 Å². The summed E-state index contributed by atoms with van der Waals surface area (Å²) in [6, 6.07) is 0. The lowest BCUT2D eigenvalue weighted by Gasteiger charge is -2.17. The maximum atomic E-state index is 11.5. The third kappa shape index (κ3) is 16.2. The van der Waals surface area contributed by atoms with Crippen LogP contribution in [0.3, 0.4) is 0 Å². The summed E-state index contributed by atoms with van der Waals surface area (Å²) in [4.78, 5) is 22.5. The molecule has 1 atom stereocenters. The standard InChI is InChI=1S/C22H40O4/c1-4-6-7-14-17-20(26-21(23)5-2)18-15-12-10-8-9-11-13-16-19-22(24)25-3/h5,20H,2,4,6-19H2,1,3H3. The van der Waals surface area contributed by atoms with Crippen LogP contribution in [0.5, 0.6) is 0 Å². The highest BCUT2D eigenvalue weighted by molar-refractivity contribution is 5.81. The molecule has 4 heteroatoms. The number of esters is 2. The van der Waals surface area contributed by atoms with E-state index in [2.05, 4.69) is 18.2 Å². The van der Waals surface area contributed by atoms with E-state index in [0.29, 0.717) is 6.42 Å². The zero-order valence-corrected chi connectivity index (χ0v) is 17.1. The van der Waals surface area contributed by atoms with Gasteiger partial charge in [-0.3, -0.25) is 4.79 Å². The molecule has 0 aromatic carbocycles. The van der Waals surface area contributed by atoms with Gasteiger partial charge < -0.3 is 9.47 Å². The minimum absolute atomic E-state index is 0.0516. The highest BCUT2D eigenvalue weighted by atomic mass is 16.5. The van der Waals surface area contributed by atoms with E-state index in [1.807, 2.05) is 0 Å². The number of carbonyl (C=O) groups is 2. The summed E-state index contributed by atoms with van der Waals surface area (Å²) in [6.45, 7) is 5.69. The predicted molar refractivity (Wildman–Crippen MR) is 107 cm³/mol. The van der Waals surface area contributed by atoms with Gasteiger partial charge in [-0.05, 0) is 32.1 Å². The Morgan fingerprint density at radius 3 is 1.85 bits per heavy atom. The number of hydrogen-bond acceptors (Lipinski definition) is 4. The van der Waals surface area contributed by atoms with E-state index in [-0.39, 0.29) is 18.0 Å². The van der Waals surface area contributed by atoms with E-state index < -0.39 is 0 Å². The quantitative estimate of drug-likeness (QED) is 0.166. The van der Waals surface area contributed by atoms with Crippen LogP contribution in [0.1, 0.15) is 103 Å². The van der Waals surface area contributed by atoms with Crippen LogP contribution in [0, 0.1) is 0 Å². The van der Waals surface area contributed by atoms with Crippen LogP contribution >= 0.6 is 0 Å². The second-order valence-electron chi connectivity index (χ2n) is 7.06. The number of methoxy groups -OCH3 is 1. The molecule has 152 valence electrons. The zero-order valence-electron chi connectivity index (χ0n) is 17.1. The van der Waals surface area contributed by atoms with Gasteiger partial charge >= 0.3 is 11.9 Å². The largest absolute Gasteiger partial charge is 0.469 e. The van der Waals surface area contributed by atoms with Crippen LogP contribution in [0.2, 0.25) is 0 Å². The van der Waals surface area contributed by atoms with Crippen molar-refractivity contribution in [3.63, 3.8) is 0 Å². The predicted octanol–water partition coefficient (Wildman–Crippen LogP) is 6.13. The molecule has 0 aromatic heterocycles. The van der Waals surface area contributed by atoms with Crippen LogP contribution in [0.25, 0.3) is 0 Å². The van der Waals surface area contributed by atoms with E-state index in [0.717, 1.165) is 38.5 Å². The van der Waals surface area contributed by atoms with Crippen LogP contribution in [-0.2, 0) is 19.1 Å². The minimum atomic E-state index is -0.294. The minimum Gasteiger partial charge on any atom is -0.469 e. The maximum absolute atomic E-state index is 11.5. The summed E-state index contributed by atoms with van der Waals surface area (Å²) < 4.78 is 10.1. The fourth-order valence-corrected chi connectivity index (χ4v) is 3.08. The van der Waals surface area contributed by atoms with Gasteiger partial charge in [0, 0.05) is 12.5 Å². The highest BCUT2D eigenvalue weighted by Gasteiger charge is 2.12. The molecule has 0 fully saturated rings. The number of carbonyl (C=O) groups excluding carboxylic acids is 2. The molecular formula is C22H40O4. The first-order valence-electron chi connectivity index (χ1n) is 10.5. The van der Waals surface area contributed by atoms with Crippen molar-refractivity contribution >= 4 is 11.9 Å². The lowest BCUT2D eigenvalue weighted by atomic mass is 10.0. The van der Waals surface area contributed by atoms with Gasteiger partial charge in [-0.2, -0.15) is 0 Å². The molecule has 0 aliphatic rings. The number of hydrogen-bond donors (Lipinski definition) is 0. The van der Waals surface area contributed by atoms with E-state index in [4.69, 9.17) is 4.74 Å². The Morgan fingerprint density at radius 2 is 1.35 bits per heavy atom. The molecule has 0 amide bonds. The fourth-order valence-electron chi connectivity index (χ4n) is 3.08. The van der Waals surface area contributed by atoms with Crippen molar-refractivity contribution in [2.75, 3.05) is 7.11 Å². The number of rotatable bonds is 18. The van der Waals surface area contributed by atoms with Gasteiger partial charge in [-0.1, -0.05) is 71.3 Å². The summed E-state index contributed by atoms with van der Waals surface area (Å²) >= 11 is 0. The van der Waals surface area contributed by atoms with Gasteiger partial charge in [0.05, 0.1) is 7.11 Å². The average Bonchev–Trinajstić information content (AvgIpc) is 2.65. The first-order valence-corrected chi connectivity index (χ1v) is 10.5. The molecule has 0 aliphatic carbocycles. The van der Waals surface area contributed by atoms with Crippen LogP contribution in [-0.4, -0.2) is 25.2 Å². The molecule has 0 aromatic rings. The lowest BCUT2D eigenvalue weighted by Crippen LogP contribution is -2.16. The van der Waals surface area contributed by atoms with Crippen molar-refractivity contribution in [3.8, 4) is 0 Å². The van der Waals surface area contributed by atoms with Crippen LogP contribution < -0.4 is 0 Å². The molecule has 1 unspecified atom stereocenters. The van der Waals surface area contributed by atoms with Gasteiger partial charge in [0.25, 0.3) is 0 Å². The summed E-state index contributed by atoms with van der Waals surface area (Å²) in [5.74, 6) is -0.399. The Kier molecular flexibility index (Phi) is 17.5. The Bertz CT molecular complexity index is 365. The topological polar surface area (TPSA) is 52.6 Å². The Balaban J connectivity index is 3.65. The Labute approximate surface area is 160 Å². The van der Waals surface area contributed by atoms with Crippen molar-refractivity contribution in [1.82, 2.24) is 0 Å². The number of unbranched alkanes of at least 4 members (excludes halogenated alkanes) is 10. The summed E-state index contributed by atoms with van der Waals surface area (Å²) in [5, 5.41) is 0. The van der Waals surface area contributed by atoms with Crippen LogP contribution in [0.15, 0.2) is 12.7 Å². The molecule has 0 radical (unpaired) electrons. The smallest absolute Gasteiger partial charge is 0.330 e. The van der Waals surface area contributed by atoms with E-state index in [1.54, 1.807) is 0 Å². The summed E-state index contributed by atoms with van der Waals surface area (Å²) in [6.07, 6.45) is 17.9. The molecule has 0 heterocycles. The second-order valence-corrected chi connectivity index (χ2v) is 7.06. The SMILES string of the molecule is C=CC(=O)OC(CCCCCC)CCCCCCCCCCC(=O)OC. The molecule has 4 nitrogen and oxygen atoms in total. The van der Waals surface area contributed by atoms with Crippen molar-refractivity contribution in [2.24, 2.45) is 0 Å². The molecule has 0 aliphatic heterocycles. The van der Waals surface area contributed by atoms with Crippen molar-refractivity contribution in [3.05, 3.63) is 12.7 Å². The van der Waals surface area contributed by atoms with E-state index in [9.17, 15) is 9.59 Å². The average molecular weight is 369 g/mol. The van der Waals surface area contributed by atoms with Gasteiger partial charge in [0.2, 0.25) is 0 Å². The van der Waals surface area contributed by atoms with Gasteiger partial charge in [-0.25, -0.2) is 4.79 Å². The molecule has 0 N–H and O–H groups in total. The van der Waals surface area contributed by atoms with Gasteiger partial charge in [0.15, 0.2) is 0 Å². The van der Waals surface area contributed by atoms with Crippen LogP contribution in [0.4, 0.5) is 0 Å². The Hall–Kier alpha value is -1.32. The third-order valence-electron chi connectivity index (χ3n) is 4.71. The Morgan fingerprint density at radius 1 is 0.846 bits per heavy atom. The van der Waals surface area contributed by atoms with Crippen molar-refractivity contribution in [2.45, 2.75) is 109 Å². The number of ether oxygens (including phenoxy) is 2. The molecular weight excluding hydrogens is 328 g/mol. The monoisotopic (exact) mass is 368 g/mol. The molecule has 0 bridgehead atoms. The fraction of sp³-hybridized carbons (Fsp3) is 0.818. The van der Waals surface area contributed by atoms with E-state index >= 15 is 0 Å². The molecule has 26 heavy (non-hydrogen) atoms. The molecule has 0 saturated carbocycles. The van der Waals surface area contributed by atoms with Crippen molar-refractivity contribution in [1.29, 1.82) is 0 Å². The summed E-state index contributed by atoms with van der Waals surface area (Å²) in [5.41, 5.74) is 0. The normalized spacial score (nSPS) is 11.8. The third-order valence-corrected chi connectivity index (χ3v) is 4.71. The summed E-state index contributed by atoms with van der Waals surface area (Å²) in [7, 11) is 1.44. The lowest BCUT2D eigenvalue weighted by molar-refractivity contribution is -0.144. The first kappa shape index (κ1) is 24.7.